The van der Waals surface area contributed by atoms with Crippen LogP contribution >= 0.6 is 22.7 Å². The molecule has 1 fully saturated rings. The number of rotatable bonds is 6. The van der Waals surface area contributed by atoms with Crippen molar-refractivity contribution < 1.29 is 24.2 Å². The van der Waals surface area contributed by atoms with Crippen LogP contribution in [0.1, 0.15) is 41.5 Å². The van der Waals surface area contributed by atoms with Crippen LogP contribution in [-0.2, 0) is 9.59 Å². The van der Waals surface area contributed by atoms with E-state index in [4.69, 9.17) is 14.5 Å². The predicted octanol–water partition coefficient (Wildman–Crippen LogP) is 6.40. The number of hydrogen-bond donors (Lipinski definition) is 1. The first kappa shape index (κ1) is 25.0. The van der Waals surface area contributed by atoms with Crippen LogP contribution in [0.5, 0.6) is 11.5 Å². The lowest BCUT2D eigenvalue weighted by Gasteiger charge is -2.21. The third-order valence-electron chi connectivity index (χ3n) is 6.17. The Morgan fingerprint density at radius 2 is 1.84 bits per heavy atom. The van der Waals surface area contributed by atoms with Crippen molar-refractivity contribution in [1.82, 2.24) is 4.98 Å². The molecule has 1 aliphatic rings. The molecule has 1 N–H and O–H groups in total. The molecule has 1 atom stereocenters. The average molecular weight is 535 g/mol. The first-order valence-electron chi connectivity index (χ1n) is 11.8. The van der Waals surface area contributed by atoms with Gasteiger partial charge in [0.25, 0.3) is 5.78 Å². The second-order valence-corrected chi connectivity index (χ2v) is 11.1. The number of carbonyl (C=O) groups excluding carboxylic acids is 2. The Balaban J connectivity index is 1.65. The molecule has 190 valence electrons. The standard InChI is InChI=1S/C28H26N2O5S2/c1-14(2)35-19-9-8-17(11-15(19)3)25(31)23-24(21-7-6-10-36-21)30(27(33)26(23)32)28-29-18-12-16(4)20(34-5)13-22(18)37-28/h6-14,24,31H,1-5H3/b25-23+. The number of methoxy groups -OCH3 is 1. The maximum absolute atomic E-state index is 13.4. The van der Waals surface area contributed by atoms with Gasteiger partial charge in [-0.1, -0.05) is 17.4 Å². The molecule has 5 rings (SSSR count). The maximum Gasteiger partial charge on any atom is 0.301 e. The molecule has 9 heteroatoms. The first-order valence-corrected chi connectivity index (χ1v) is 13.5. The Labute approximate surface area is 222 Å². The number of aliphatic hydroxyl groups excluding tert-OH is 1. The second kappa shape index (κ2) is 9.64. The van der Waals surface area contributed by atoms with Crippen molar-refractivity contribution in [3.05, 3.63) is 75.0 Å². The Hall–Kier alpha value is -3.69. The van der Waals surface area contributed by atoms with Crippen molar-refractivity contribution in [2.45, 2.75) is 39.8 Å². The number of hydrogen-bond acceptors (Lipinski definition) is 8. The predicted molar refractivity (Wildman–Crippen MR) is 147 cm³/mol. The maximum atomic E-state index is 13.4. The molecule has 0 bridgehead atoms. The van der Waals surface area contributed by atoms with Gasteiger partial charge in [-0.25, -0.2) is 4.98 Å². The molecule has 1 aliphatic heterocycles. The molecule has 0 spiro atoms. The number of Topliss-reactive ketones (excluding diaryl/α,β-unsaturated/α-hetero) is 1. The number of nitrogens with zero attached hydrogens (tertiary/aromatic N) is 2. The van der Waals surface area contributed by atoms with Gasteiger partial charge in [0.1, 0.15) is 23.3 Å². The average Bonchev–Trinajstić information content (AvgIpc) is 3.58. The van der Waals surface area contributed by atoms with Crippen molar-refractivity contribution >= 4 is 55.5 Å². The highest BCUT2D eigenvalue weighted by molar-refractivity contribution is 7.22. The van der Waals surface area contributed by atoms with Crippen molar-refractivity contribution in [1.29, 1.82) is 0 Å². The number of aromatic nitrogens is 1. The number of carbonyl (C=O) groups is 2. The van der Waals surface area contributed by atoms with Crippen LogP contribution < -0.4 is 14.4 Å². The lowest BCUT2D eigenvalue weighted by molar-refractivity contribution is -0.132. The van der Waals surface area contributed by atoms with Crippen molar-refractivity contribution in [2.75, 3.05) is 12.0 Å². The van der Waals surface area contributed by atoms with Crippen molar-refractivity contribution in [3.63, 3.8) is 0 Å². The SMILES string of the molecule is COc1cc2sc(N3C(=O)C(=O)/C(=C(/O)c4ccc(OC(C)C)c(C)c4)C3c3cccs3)nc2cc1C. The largest absolute Gasteiger partial charge is 0.507 e. The highest BCUT2D eigenvalue weighted by atomic mass is 32.1. The summed E-state index contributed by atoms with van der Waals surface area (Å²) in [5.41, 5.74) is 2.93. The Morgan fingerprint density at radius 3 is 2.49 bits per heavy atom. The molecule has 2 aromatic carbocycles. The monoisotopic (exact) mass is 534 g/mol. The number of ether oxygens (including phenoxy) is 2. The van der Waals surface area contributed by atoms with E-state index in [9.17, 15) is 14.7 Å². The number of amides is 1. The smallest absolute Gasteiger partial charge is 0.301 e. The molecular weight excluding hydrogens is 508 g/mol. The fourth-order valence-electron chi connectivity index (χ4n) is 4.45. The molecule has 2 aromatic heterocycles. The van der Waals surface area contributed by atoms with Crippen LogP contribution in [0.3, 0.4) is 0 Å². The molecule has 0 aliphatic carbocycles. The summed E-state index contributed by atoms with van der Waals surface area (Å²) in [5.74, 6) is -0.276. The molecule has 1 amide bonds. The van der Waals surface area contributed by atoms with Crippen molar-refractivity contribution in [3.8, 4) is 11.5 Å². The summed E-state index contributed by atoms with van der Waals surface area (Å²) >= 11 is 2.72. The van der Waals surface area contributed by atoms with Gasteiger partial charge in [-0.3, -0.25) is 14.5 Å². The van der Waals surface area contributed by atoms with Gasteiger partial charge in [0, 0.05) is 10.4 Å². The van der Waals surface area contributed by atoms with Gasteiger partial charge in [0.15, 0.2) is 5.13 Å². The van der Waals surface area contributed by atoms with E-state index in [0.717, 1.165) is 26.5 Å². The molecule has 4 aromatic rings. The number of thiazole rings is 1. The van der Waals surface area contributed by atoms with Gasteiger partial charge in [0.2, 0.25) is 0 Å². The van der Waals surface area contributed by atoms with Gasteiger partial charge >= 0.3 is 5.91 Å². The summed E-state index contributed by atoms with van der Waals surface area (Å²) < 4.78 is 12.1. The van der Waals surface area contributed by atoms with E-state index in [2.05, 4.69) is 0 Å². The van der Waals surface area contributed by atoms with E-state index in [1.165, 1.54) is 27.6 Å². The van der Waals surface area contributed by atoms with Crippen LogP contribution in [0.4, 0.5) is 5.13 Å². The van der Waals surface area contributed by atoms with Crippen LogP contribution in [0.2, 0.25) is 0 Å². The van der Waals surface area contributed by atoms with Crippen LogP contribution in [0.15, 0.2) is 53.4 Å². The van der Waals surface area contributed by atoms with Crippen LogP contribution in [0, 0.1) is 13.8 Å². The van der Waals surface area contributed by atoms with Gasteiger partial charge in [-0.2, -0.15) is 0 Å². The lowest BCUT2D eigenvalue weighted by atomic mass is 9.99. The zero-order valence-corrected chi connectivity index (χ0v) is 22.7. The summed E-state index contributed by atoms with van der Waals surface area (Å²) in [7, 11) is 1.61. The third-order valence-corrected chi connectivity index (χ3v) is 8.11. The minimum atomic E-state index is -0.796. The molecular formula is C28H26N2O5S2. The normalized spacial score (nSPS) is 17.2. The van der Waals surface area contributed by atoms with E-state index in [1.54, 1.807) is 25.3 Å². The minimum Gasteiger partial charge on any atom is -0.507 e. The minimum absolute atomic E-state index is 0.000125. The Kier molecular flexibility index (Phi) is 6.51. The zero-order chi connectivity index (χ0) is 26.4. The molecule has 1 unspecified atom stereocenters. The number of ketones is 1. The van der Waals surface area contributed by atoms with E-state index in [0.29, 0.717) is 22.0 Å². The summed E-state index contributed by atoms with van der Waals surface area (Å²) in [6.07, 6.45) is -0.000125. The number of thiophene rings is 1. The number of aryl methyl sites for hydroxylation is 2. The second-order valence-electron chi connectivity index (χ2n) is 9.12. The highest BCUT2D eigenvalue weighted by Crippen LogP contribution is 2.46. The first-order chi connectivity index (χ1) is 17.7. The van der Waals surface area contributed by atoms with Gasteiger partial charge in [-0.05, 0) is 80.6 Å². The van der Waals surface area contributed by atoms with Gasteiger partial charge in [-0.15, -0.1) is 11.3 Å². The summed E-state index contributed by atoms with van der Waals surface area (Å²) in [5, 5.41) is 13.7. The highest BCUT2D eigenvalue weighted by Gasteiger charge is 2.48. The molecule has 0 saturated carbocycles. The summed E-state index contributed by atoms with van der Waals surface area (Å²) in [4.78, 5) is 33.7. The Bertz CT molecular complexity index is 1550. The van der Waals surface area contributed by atoms with E-state index in [1.807, 2.05) is 57.3 Å². The zero-order valence-electron chi connectivity index (χ0n) is 21.1. The third kappa shape index (κ3) is 4.38. The quantitative estimate of drug-likeness (QED) is 0.175. The van der Waals surface area contributed by atoms with E-state index >= 15 is 0 Å². The molecule has 0 radical (unpaired) electrons. The van der Waals surface area contributed by atoms with Gasteiger partial charge < -0.3 is 14.6 Å². The molecule has 7 nitrogen and oxygen atoms in total. The van der Waals surface area contributed by atoms with E-state index in [-0.39, 0.29) is 17.4 Å². The molecule has 37 heavy (non-hydrogen) atoms. The fraction of sp³-hybridized carbons (Fsp3) is 0.250. The molecule has 3 heterocycles. The number of aliphatic hydroxyl groups is 1. The Morgan fingerprint density at radius 1 is 1.08 bits per heavy atom. The molecule has 1 saturated heterocycles. The number of fused-ring (bicyclic) bond motifs is 1. The lowest BCUT2D eigenvalue weighted by Crippen LogP contribution is -2.28. The summed E-state index contributed by atoms with van der Waals surface area (Å²) in [6.45, 7) is 7.68. The van der Waals surface area contributed by atoms with Gasteiger partial charge in [0.05, 0.1) is 29.0 Å². The topological polar surface area (TPSA) is 89.0 Å². The van der Waals surface area contributed by atoms with Crippen molar-refractivity contribution in [2.24, 2.45) is 0 Å². The number of benzene rings is 2. The van der Waals surface area contributed by atoms with Crippen LogP contribution in [0.25, 0.3) is 16.0 Å². The number of anilines is 1. The summed E-state index contributed by atoms with van der Waals surface area (Å²) in [6, 6.07) is 11.9. The fourth-order valence-corrected chi connectivity index (χ4v) is 6.28. The van der Waals surface area contributed by atoms with E-state index < -0.39 is 17.7 Å². The van der Waals surface area contributed by atoms with Crippen LogP contribution in [-0.4, -0.2) is 35.0 Å².